The number of aryl methyl sites for hydroxylation is 2. The first-order chi connectivity index (χ1) is 14.8. The Bertz CT molecular complexity index is 1160. The number of nitrogens with zero attached hydrogens (tertiary/aromatic N) is 4. The molecule has 0 bridgehead atoms. The number of hydrogen-bond donors (Lipinski definition) is 1. The summed E-state index contributed by atoms with van der Waals surface area (Å²) in [7, 11) is -3.65. The standard InChI is InChI=1S/C22H24FN5O2S/c1-16-3-7-19(8-4-16)26-21-15-22(25-17(2)24-21)27-11-13-28(14-12-27)31(29,30)20-9-5-18(23)6-10-20/h3-10,15H,11-14H2,1-2H3,(H,24,25,26). The molecule has 1 fully saturated rings. The number of nitrogens with one attached hydrogen (secondary N) is 1. The molecule has 0 saturated carbocycles. The highest BCUT2D eigenvalue weighted by molar-refractivity contribution is 7.89. The highest BCUT2D eigenvalue weighted by Crippen LogP contribution is 2.23. The molecule has 1 N–H and O–H groups in total. The van der Waals surface area contributed by atoms with Crippen molar-refractivity contribution < 1.29 is 12.8 Å². The summed E-state index contributed by atoms with van der Waals surface area (Å²) in [4.78, 5) is 11.1. The zero-order valence-electron chi connectivity index (χ0n) is 17.4. The van der Waals surface area contributed by atoms with Crippen molar-refractivity contribution in [2.45, 2.75) is 18.7 Å². The van der Waals surface area contributed by atoms with Gasteiger partial charge in [-0.1, -0.05) is 17.7 Å². The Morgan fingerprint density at radius 1 is 0.903 bits per heavy atom. The van der Waals surface area contributed by atoms with Crippen molar-refractivity contribution in [3.63, 3.8) is 0 Å². The summed E-state index contributed by atoms with van der Waals surface area (Å²) in [6.45, 7) is 5.51. The van der Waals surface area contributed by atoms with Crippen LogP contribution in [0.5, 0.6) is 0 Å². The summed E-state index contributed by atoms with van der Waals surface area (Å²) in [6, 6.07) is 14.8. The largest absolute Gasteiger partial charge is 0.354 e. The van der Waals surface area contributed by atoms with Gasteiger partial charge in [-0.3, -0.25) is 0 Å². The number of rotatable bonds is 5. The molecule has 0 atom stereocenters. The van der Waals surface area contributed by atoms with Gasteiger partial charge in [0.2, 0.25) is 10.0 Å². The molecule has 2 heterocycles. The van der Waals surface area contributed by atoms with Gasteiger partial charge in [0.15, 0.2) is 0 Å². The van der Waals surface area contributed by atoms with Crippen LogP contribution in [-0.2, 0) is 10.0 Å². The van der Waals surface area contributed by atoms with Crippen molar-refractivity contribution in [2.75, 3.05) is 36.4 Å². The molecule has 0 aliphatic carbocycles. The van der Waals surface area contributed by atoms with Gasteiger partial charge in [-0.15, -0.1) is 0 Å². The normalized spacial score (nSPS) is 15.1. The lowest BCUT2D eigenvalue weighted by Gasteiger charge is -2.34. The second-order valence-corrected chi connectivity index (χ2v) is 9.43. The Morgan fingerprint density at radius 3 is 2.19 bits per heavy atom. The van der Waals surface area contributed by atoms with E-state index in [1.165, 1.54) is 22.0 Å². The number of aromatic nitrogens is 2. The average Bonchev–Trinajstić information content (AvgIpc) is 2.75. The molecule has 2 aromatic carbocycles. The lowest BCUT2D eigenvalue weighted by Crippen LogP contribution is -2.49. The van der Waals surface area contributed by atoms with E-state index in [2.05, 4.69) is 15.3 Å². The minimum Gasteiger partial charge on any atom is -0.354 e. The first kappa shape index (κ1) is 21.2. The third-order valence-corrected chi connectivity index (χ3v) is 7.08. The van der Waals surface area contributed by atoms with E-state index in [9.17, 15) is 12.8 Å². The first-order valence-electron chi connectivity index (χ1n) is 10.0. The number of benzene rings is 2. The summed E-state index contributed by atoms with van der Waals surface area (Å²) in [5.41, 5.74) is 2.11. The zero-order valence-corrected chi connectivity index (χ0v) is 18.2. The Balaban J connectivity index is 1.46. The van der Waals surface area contributed by atoms with Gasteiger partial charge in [0.05, 0.1) is 4.90 Å². The fraction of sp³-hybridized carbons (Fsp3) is 0.273. The number of sulfonamides is 1. The Labute approximate surface area is 181 Å². The van der Waals surface area contributed by atoms with E-state index in [0.29, 0.717) is 37.8 Å². The van der Waals surface area contributed by atoms with Crippen LogP contribution in [0.3, 0.4) is 0 Å². The number of piperazine rings is 1. The summed E-state index contributed by atoms with van der Waals surface area (Å²) in [6.07, 6.45) is 0. The van der Waals surface area contributed by atoms with Crippen LogP contribution in [0.4, 0.5) is 21.7 Å². The Morgan fingerprint density at radius 2 is 1.55 bits per heavy atom. The Kier molecular flexibility index (Phi) is 5.88. The van der Waals surface area contributed by atoms with Crippen LogP contribution in [0.15, 0.2) is 59.5 Å². The van der Waals surface area contributed by atoms with E-state index in [1.54, 1.807) is 0 Å². The van der Waals surface area contributed by atoms with Gasteiger partial charge >= 0.3 is 0 Å². The van der Waals surface area contributed by atoms with Crippen LogP contribution in [-0.4, -0.2) is 48.9 Å². The van der Waals surface area contributed by atoms with Crippen molar-refractivity contribution in [3.8, 4) is 0 Å². The molecule has 0 amide bonds. The second-order valence-electron chi connectivity index (χ2n) is 7.49. The molecule has 1 saturated heterocycles. The lowest BCUT2D eigenvalue weighted by atomic mass is 10.2. The minimum atomic E-state index is -3.65. The van der Waals surface area contributed by atoms with Crippen molar-refractivity contribution in [2.24, 2.45) is 0 Å². The number of halogens is 1. The predicted molar refractivity (Wildman–Crippen MR) is 119 cm³/mol. The SMILES string of the molecule is Cc1ccc(Nc2cc(N3CCN(S(=O)(=O)c4ccc(F)cc4)CC3)nc(C)n2)cc1. The maximum absolute atomic E-state index is 13.1. The van der Waals surface area contributed by atoms with Crippen LogP contribution in [0.25, 0.3) is 0 Å². The Hall–Kier alpha value is -3.04. The van der Waals surface area contributed by atoms with Crippen LogP contribution >= 0.6 is 0 Å². The second kappa shape index (κ2) is 8.60. The third kappa shape index (κ3) is 4.83. The molecule has 0 radical (unpaired) electrons. The van der Waals surface area contributed by atoms with E-state index in [1.807, 2.05) is 49.1 Å². The molecule has 3 aromatic rings. The van der Waals surface area contributed by atoms with Crippen LogP contribution in [0.2, 0.25) is 0 Å². The molecule has 31 heavy (non-hydrogen) atoms. The van der Waals surface area contributed by atoms with Gasteiger partial charge in [-0.25, -0.2) is 22.8 Å². The topological polar surface area (TPSA) is 78.4 Å². The molecule has 162 valence electrons. The van der Waals surface area contributed by atoms with Gasteiger partial charge in [0, 0.05) is 37.9 Å². The van der Waals surface area contributed by atoms with Gasteiger partial charge in [0.1, 0.15) is 23.3 Å². The summed E-state index contributed by atoms with van der Waals surface area (Å²) >= 11 is 0. The first-order valence-corrected chi connectivity index (χ1v) is 11.5. The fourth-order valence-corrected chi connectivity index (χ4v) is 4.90. The van der Waals surface area contributed by atoms with Crippen molar-refractivity contribution in [3.05, 3.63) is 71.8 Å². The molecule has 9 heteroatoms. The molecule has 1 aliphatic rings. The van der Waals surface area contributed by atoms with E-state index >= 15 is 0 Å². The monoisotopic (exact) mass is 441 g/mol. The summed E-state index contributed by atoms with van der Waals surface area (Å²) in [5, 5.41) is 3.30. The molecule has 7 nitrogen and oxygen atoms in total. The molecular formula is C22H24FN5O2S. The molecule has 0 unspecified atom stereocenters. The van der Waals surface area contributed by atoms with Crippen LogP contribution < -0.4 is 10.2 Å². The highest BCUT2D eigenvalue weighted by Gasteiger charge is 2.29. The number of anilines is 3. The highest BCUT2D eigenvalue weighted by atomic mass is 32.2. The zero-order chi connectivity index (χ0) is 22.0. The summed E-state index contributed by atoms with van der Waals surface area (Å²) in [5.74, 6) is 1.61. The van der Waals surface area contributed by atoms with Crippen molar-refractivity contribution >= 4 is 27.3 Å². The van der Waals surface area contributed by atoms with Crippen LogP contribution in [0, 0.1) is 19.7 Å². The van der Waals surface area contributed by atoms with E-state index < -0.39 is 15.8 Å². The van der Waals surface area contributed by atoms with Crippen molar-refractivity contribution in [1.29, 1.82) is 0 Å². The van der Waals surface area contributed by atoms with E-state index in [4.69, 9.17) is 0 Å². The van der Waals surface area contributed by atoms with Gasteiger partial charge < -0.3 is 10.2 Å². The van der Waals surface area contributed by atoms with Crippen LogP contribution in [0.1, 0.15) is 11.4 Å². The molecule has 4 rings (SSSR count). The average molecular weight is 442 g/mol. The maximum atomic E-state index is 13.1. The number of hydrogen-bond acceptors (Lipinski definition) is 6. The quantitative estimate of drug-likeness (QED) is 0.653. The summed E-state index contributed by atoms with van der Waals surface area (Å²) < 4.78 is 40.2. The van der Waals surface area contributed by atoms with E-state index in [-0.39, 0.29) is 4.90 Å². The minimum absolute atomic E-state index is 0.102. The van der Waals surface area contributed by atoms with Gasteiger partial charge in [-0.05, 0) is 50.2 Å². The van der Waals surface area contributed by atoms with Gasteiger partial charge in [-0.2, -0.15) is 4.31 Å². The molecular weight excluding hydrogens is 417 g/mol. The predicted octanol–water partition coefficient (Wildman–Crippen LogP) is 3.49. The van der Waals surface area contributed by atoms with Crippen molar-refractivity contribution in [1.82, 2.24) is 14.3 Å². The molecule has 1 aromatic heterocycles. The third-order valence-electron chi connectivity index (χ3n) is 5.16. The molecule has 1 aliphatic heterocycles. The smallest absolute Gasteiger partial charge is 0.243 e. The van der Waals surface area contributed by atoms with Gasteiger partial charge in [0.25, 0.3) is 0 Å². The fourth-order valence-electron chi connectivity index (χ4n) is 3.48. The lowest BCUT2D eigenvalue weighted by molar-refractivity contribution is 0.383. The maximum Gasteiger partial charge on any atom is 0.243 e. The van der Waals surface area contributed by atoms with E-state index in [0.717, 1.165) is 23.6 Å². The molecule has 0 spiro atoms.